The zero-order chi connectivity index (χ0) is 58.2. The number of aromatic nitrogens is 8. The zero-order valence-corrected chi connectivity index (χ0v) is 49.6. The second-order valence-corrected chi connectivity index (χ2v) is 23.6. The fourth-order valence-corrected chi connectivity index (χ4v) is 12.0. The Kier molecular flexibility index (Phi) is 18.6. The van der Waals surface area contributed by atoms with Crippen molar-refractivity contribution in [3.8, 4) is 11.5 Å². The highest BCUT2D eigenvalue weighted by Gasteiger charge is 2.27. The van der Waals surface area contributed by atoms with Gasteiger partial charge >= 0.3 is 0 Å². The van der Waals surface area contributed by atoms with Crippen molar-refractivity contribution in [3.63, 3.8) is 0 Å². The third-order valence-corrected chi connectivity index (χ3v) is 17.2. The normalized spacial score (nSPS) is 16.4. The summed E-state index contributed by atoms with van der Waals surface area (Å²) in [6.07, 6.45) is 9.56. The molecule has 4 aliphatic heterocycles. The van der Waals surface area contributed by atoms with Crippen molar-refractivity contribution < 1.29 is 32.3 Å². The predicted molar refractivity (Wildman–Crippen MR) is 323 cm³/mol. The first-order valence-corrected chi connectivity index (χ1v) is 29.9. The fraction of sp³-hybridized carbons (Fsp3) is 0.456. The number of piperazine rings is 3. The molecule has 12 rings (SSSR count). The zero-order valence-electron chi connectivity index (χ0n) is 48.0. The van der Waals surface area contributed by atoms with E-state index in [4.69, 9.17) is 21.1 Å². The topological polar surface area (TPSA) is 244 Å². The Morgan fingerprint density at radius 3 is 1.20 bits per heavy atom. The lowest BCUT2D eigenvalue weighted by Crippen LogP contribution is -2.48. The van der Waals surface area contributed by atoms with E-state index in [1.807, 2.05) is 69.7 Å². The predicted octanol–water partition coefficient (Wildman–Crippen LogP) is 6.52. The van der Waals surface area contributed by atoms with Crippen LogP contribution in [0.15, 0.2) is 73.3 Å². The molecule has 4 fully saturated rings. The number of nitrogens with zero attached hydrogens (tertiary/aromatic N) is 12. The molecule has 4 aromatic carbocycles. The monoisotopic (exact) mass is 1160 g/mol. The van der Waals surface area contributed by atoms with Crippen LogP contribution in [0.5, 0.6) is 11.5 Å². The number of carbonyl (C=O) groups excluding carboxylic acids is 3. The first kappa shape index (κ1) is 58.8. The number of hydrogen-bond donors (Lipinski definition) is 4. The molecule has 23 nitrogen and oxygen atoms in total. The highest BCUT2D eigenvalue weighted by Crippen LogP contribution is 2.35. The maximum absolute atomic E-state index is 11.6. The number of anilines is 4. The number of carbonyl (C=O) groups is 3. The molecule has 0 bridgehead atoms. The lowest BCUT2D eigenvalue weighted by atomic mass is 10.00. The van der Waals surface area contributed by atoms with Gasteiger partial charge in [0.2, 0.25) is 27.7 Å². The number of amides is 3. The van der Waals surface area contributed by atoms with Crippen molar-refractivity contribution in [2.45, 2.75) is 47.0 Å². The molecule has 8 heterocycles. The molecule has 8 aromatic rings. The maximum Gasteiger partial charge on any atom is 0.219 e. The van der Waals surface area contributed by atoms with Gasteiger partial charge in [-0.3, -0.25) is 34.8 Å². The van der Waals surface area contributed by atoms with E-state index in [0.29, 0.717) is 37.1 Å². The summed E-state index contributed by atoms with van der Waals surface area (Å²) in [5, 5.41) is 33.4. The Morgan fingerprint density at radius 2 is 0.817 bits per heavy atom. The molecule has 3 amide bonds. The van der Waals surface area contributed by atoms with Gasteiger partial charge in [0.15, 0.2) is 0 Å². The SMILES string of the molecule is CC(=O)N1CCCN(c2cc(Cl)cc3[nH]ncc23)CC1.CC(=O)N1CCN(c2cc(C(C)C)cc3[nH]ncc23)CC1.COc1cc(N2CCN(C(C)=O)CC2)c2cn[nH]c2c1.COc1cc(N2CCN(S(C)(=O)=O)CC2)c2cn[nH]c2c1. The number of hydrogen-bond acceptors (Lipinski definition) is 15. The molecule has 82 heavy (non-hydrogen) atoms. The number of benzene rings is 4. The van der Waals surface area contributed by atoms with Crippen LogP contribution in [0.1, 0.15) is 52.5 Å². The van der Waals surface area contributed by atoms with Crippen molar-refractivity contribution in [1.29, 1.82) is 0 Å². The number of halogens is 1. The number of sulfonamides is 1. The summed E-state index contributed by atoms with van der Waals surface area (Å²) in [6, 6.07) is 16.1. The molecular weight excluding hydrogens is 1090 g/mol. The van der Waals surface area contributed by atoms with Crippen LogP contribution in [-0.4, -0.2) is 211 Å². The lowest BCUT2D eigenvalue weighted by Gasteiger charge is -2.36. The van der Waals surface area contributed by atoms with Crippen LogP contribution in [0, 0.1) is 0 Å². The molecule has 0 atom stereocenters. The maximum atomic E-state index is 11.6. The third-order valence-electron chi connectivity index (χ3n) is 15.7. The second-order valence-electron chi connectivity index (χ2n) is 21.2. The Bertz CT molecular complexity index is 3610. The van der Waals surface area contributed by atoms with Crippen LogP contribution in [0.25, 0.3) is 43.6 Å². The highest BCUT2D eigenvalue weighted by molar-refractivity contribution is 7.88. The van der Waals surface area contributed by atoms with Crippen LogP contribution in [-0.2, 0) is 24.4 Å². The molecule has 438 valence electrons. The largest absolute Gasteiger partial charge is 0.497 e. The molecule has 0 radical (unpaired) electrons. The summed E-state index contributed by atoms with van der Waals surface area (Å²) in [5.74, 6) is 2.50. The van der Waals surface area contributed by atoms with Gasteiger partial charge in [-0.15, -0.1) is 0 Å². The average Bonchev–Trinajstić information content (AvgIpc) is 4.51. The number of fused-ring (bicyclic) bond motifs is 4. The van der Waals surface area contributed by atoms with Gasteiger partial charge in [-0.1, -0.05) is 25.4 Å². The lowest BCUT2D eigenvalue weighted by molar-refractivity contribution is -0.129. The molecule has 25 heteroatoms. The minimum absolute atomic E-state index is 0.142. The number of aromatic amines is 4. The van der Waals surface area contributed by atoms with Crippen LogP contribution < -0.4 is 29.1 Å². The molecular formula is C57H75ClN16O7S. The van der Waals surface area contributed by atoms with E-state index in [1.165, 1.54) is 21.8 Å². The third kappa shape index (κ3) is 13.7. The van der Waals surface area contributed by atoms with E-state index < -0.39 is 10.0 Å². The number of H-pyrrole nitrogens is 4. The summed E-state index contributed by atoms with van der Waals surface area (Å²) in [5.41, 5.74) is 9.67. The summed E-state index contributed by atoms with van der Waals surface area (Å²) in [7, 11) is 0.177. The van der Waals surface area contributed by atoms with Gasteiger partial charge in [0.05, 0.1) is 78.7 Å². The van der Waals surface area contributed by atoms with E-state index in [-0.39, 0.29) is 17.7 Å². The molecule has 0 spiro atoms. The van der Waals surface area contributed by atoms with E-state index >= 15 is 0 Å². The van der Waals surface area contributed by atoms with Crippen molar-refractivity contribution >= 4 is 106 Å². The number of ether oxygens (including phenoxy) is 2. The van der Waals surface area contributed by atoms with E-state index in [0.717, 1.165) is 157 Å². The van der Waals surface area contributed by atoms with Crippen molar-refractivity contribution in [2.75, 3.05) is 145 Å². The van der Waals surface area contributed by atoms with Crippen molar-refractivity contribution in [2.24, 2.45) is 0 Å². The number of methoxy groups -OCH3 is 2. The summed E-state index contributed by atoms with van der Waals surface area (Å²) in [6.45, 7) is 21.4. The minimum Gasteiger partial charge on any atom is -0.497 e. The van der Waals surface area contributed by atoms with E-state index in [9.17, 15) is 22.8 Å². The van der Waals surface area contributed by atoms with Gasteiger partial charge in [0, 0.05) is 188 Å². The Morgan fingerprint density at radius 1 is 0.476 bits per heavy atom. The van der Waals surface area contributed by atoms with Crippen LogP contribution in [0.2, 0.25) is 5.02 Å². The van der Waals surface area contributed by atoms with E-state index in [2.05, 4.69) is 86.4 Å². The van der Waals surface area contributed by atoms with Gasteiger partial charge in [-0.2, -0.15) is 24.7 Å². The fourth-order valence-electron chi connectivity index (χ4n) is 10.9. The molecule has 4 aromatic heterocycles. The first-order chi connectivity index (χ1) is 39.4. The standard InChI is InChI=1S/C16H22N4O.C14H17ClN4O.C14H18N4O2.C13H18N4O3S/c1-11(2)13-8-15-14(10-17-18-15)16(9-13)20-6-4-19(5-7-20)12(3)21;1-10(20)18-3-2-4-19(6-5-18)14-8-11(15)7-13-12(14)9-16-17-13;1-10(19)17-3-5-18(6-4-17)14-8-11(20-2)7-13-12(14)9-15-16-13;1-20-10-7-12-11(9-14-15-12)13(8-10)16-3-5-17(6-4-16)21(2,18)19/h8-11H,4-7H2,1-3H3,(H,17,18);7-9H,2-6H2,1H3,(H,16,17);7-9H,3-6H2,1-2H3,(H,15,16);7-9H,3-6H2,1-2H3,(H,14,15). The quantitative estimate of drug-likeness (QED) is 0.127. The Hall–Kier alpha value is -7.83. The smallest absolute Gasteiger partial charge is 0.219 e. The van der Waals surface area contributed by atoms with Crippen LogP contribution in [0.3, 0.4) is 0 Å². The minimum atomic E-state index is -3.11. The second kappa shape index (κ2) is 26.0. The first-order valence-electron chi connectivity index (χ1n) is 27.7. The number of nitrogens with one attached hydrogen (secondary N) is 4. The van der Waals surface area contributed by atoms with Gasteiger partial charge in [-0.25, -0.2) is 8.42 Å². The molecule has 0 aliphatic carbocycles. The molecule has 0 unspecified atom stereocenters. The molecule has 4 saturated heterocycles. The summed E-state index contributed by atoms with van der Waals surface area (Å²) >= 11 is 6.18. The van der Waals surface area contributed by atoms with Crippen molar-refractivity contribution in [1.82, 2.24) is 59.8 Å². The van der Waals surface area contributed by atoms with E-state index in [1.54, 1.807) is 41.2 Å². The average molecular weight is 1160 g/mol. The van der Waals surface area contributed by atoms with Gasteiger partial charge < -0.3 is 43.8 Å². The summed E-state index contributed by atoms with van der Waals surface area (Å²) in [4.78, 5) is 49.1. The van der Waals surface area contributed by atoms with Crippen LogP contribution >= 0.6 is 11.6 Å². The highest BCUT2D eigenvalue weighted by atomic mass is 35.5. The Labute approximate surface area is 482 Å². The molecule has 4 N–H and O–H groups in total. The van der Waals surface area contributed by atoms with Gasteiger partial charge in [-0.05, 0) is 42.2 Å². The number of rotatable bonds is 8. The molecule has 0 saturated carbocycles. The van der Waals surface area contributed by atoms with Crippen LogP contribution in [0.4, 0.5) is 22.7 Å². The van der Waals surface area contributed by atoms with Gasteiger partial charge in [0.1, 0.15) is 11.5 Å². The van der Waals surface area contributed by atoms with Gasteiger partial charge in [0.25, 0.3) is 0 Å². The summed E-state index contributed by atoms with van der Waals surface area (Å²) < 4.78 is 35.3. The molecule has 4 aliphatic rings. The van der Waals surface area contributed by atoms with Crippen molar-refractivity contribution in [3.05, 3.63) is 83.9 Å². The Balaban J connectivity index is 0.000000132.